The molecule has 0 heterocycles. The zero-order valence-corrected chi connectivity index (χ0v) is 9.73. The molecule has 0 unspecified atom stereocenters. The van der Waals surface area contributed by atoms with E-state index in [0.717, 1.165) is 5.56 Å². The highest BCUT2D eigenvalue weighted by Gasteiger charge is 2.18. The standard InChI is InChI=1S/C12H18FNO/c1-8-9(7-12(2,3)14)10(13)5-6-11(8)15-4/h5-6H,7,14H2,1-4H3. The second-order valence-electron chi connectivity index (χ2n) is 4.52. The van der Waals surface area contributed by atoms with Crippen LogP contribution in [-0.2, 0) is 6.42 Å². The fraction of sp³-hybridized carbons (Fsp3) is 0.500. The molecule has 0 aliphatic carbocycles. The number of rotatable bonds is 3. The third-order valence-electron chi connectivity index (χ3n) is 2.34. The van der Waals surface area contributed by atoms with Crippen LogP contribution in [-0.4, -0.2) is 12.6 Å². The summed E-state index contributed by atoms with van der Waals surface area (Å²) in [5, 5.41) is 0. The number of ether oxygens (including phenoxy) is 1. The molecule has 0 amide bonds. The van der Waals surface area contributed by atoms with Crippen molar-refractivity contribution in [3.8, 4) is 5.75 Å². The third kappa shape index (κ3) is 2.93. The zero-order valence-electron chi connectivity index (χ0n) is 9.73. The van der Waals surface area contributed by atoms with E-state index in [1.54, 1.807) is 13.2 Å². The van der Waals surface area contributed by atoms with Gasteiger partial charge in [-0.25, -0.2) is 4.39 Å². The molecule has 1 rings (SSSR count). The molecule has 84 valence electrons. The molecule has 0 fully saturated rings. The Bertz CT molecular complexity index is 355. The molecular weight excluding hydrogens is 193 g/mol. The van der Waals surface area contributed by atoms with E-state index < -0.39 is 5.54 Å². The molecule has 0 bridgehead atoms. The number of methoxy groups -OCH3 is 1. The lowest BCUT2D eigenvalue weighted by molar-refractivity contribution is 0.407. The summed E-state index contributed by atoms with van der Waals surface area (Å²) < 4.78 is 18.7. The van der Waals surface area contributed by atoms with Crippen LogP contribution in [0, 0.1) is 12.7 Å². The van der Waals surface area contributed by atoms with E-state index in [1.807, 2.05) is 20.8 Å². The first-order chi connectivity index (χ1) is 6.85. The topological polar surface area (TPSA) is 35.2 Å². The fourth-order valence-electron chi connectivity index (χ4n) is 1.60. The Morgan fingerprint density at radius 3 is 2.47 bits per heavy atom. The van der Waals surface area contributed by atoms with Gasteiger partial charge in [-0.3, -0.25) is 0 Å². The van der Waals surface area contributed by atoms with Gasteiger partial charge in [0, 0.05) is 5.54 Å². The van der Waals surface area contributed by atoms with Crippen molar-refractivity contribution in [3.05, 3.63) is 29.1 Å². The molecule has 1 aromatic rings. The van der Waals surface area contributed by atoms with Gasteiger partial charge in [0.1, 0.15) is 11.6 Å². The minimum Gasteiger partial charge on any atom is -0.496 e. The largest absolute Gasteiger partial charge is 0.496 e. The first kappa shape index (κ1) is 12.0. The molecule has 1 aromatic carbocycles. The predicted octanol–water partition coefficient (Wildman–Crippen LogP) is 2.42. The van der Waals surface area contributed by atoms with Gasteiger partial charge in [-0.1, -0.05) is 0 Å². The van der Waals surface area contributed by atoms with Crippen molar-refractivity contribution >= 4 is 0 Å². The van der Waals surface area contributed by atoms with Gasteiger partial charge in [0.25, 0.3) is 0 Å². The van der Waals surface area contributed by atoms with E-state index in [1.165, 1.54) is 6.07 Å². The van der Waals surface area contributed by atoms with Gasteiger partial charge in [-0.05, 0) is 50.5 Å². The summed E-state index contributed by atoms with van der Waals surface area (Å²) in [6.45, 7) is 5.61. The molecule has 0 saturated heterocycles. The average Bonchev–Trinajstić information content (AvgIpc) is 2.11. The lowest BCUT2D eigenvalue weighted by atomic mass is 9.92. The first-order valence-corrected chi connectivity index (χ1v) is 4.96. The summed E-state index contributed by atoms with van der Waals surface area (Å²) in [7, 11) is 1.58. The van der Waals surface area contributed by atoms with Gasteiger partial charge in [0.15, 0.2) is 0 Å². The molecule has 0 aliphatic heterocycles. The molecule has 0 aliphatic rings. The Kier molecular flexibility index (Phi) is 3.35. The lowest BCUT2D eigenvalue weighted by Gasteiger charge is -2.21. The van der Waals surface area contributed by atoms with Crippen LogP contribution in [0.2, 0.25) is 0 Å². The highest BCUT2D eigenvalue weighted by Crippen LogP contribution is 2.26. The maximum Gasteiger partial charge on any atom is 0.127 e. The number of hydrogen-bond acceptors (Lipinski definition) is 2. The fourth-order valence-corrected chi connectivity index (χ4v) is 1.60. The van der Waals surface area contributed by atoms with E-state index in [4.69, 9.17) is 10.5 Å². The van der Waals surface area contributed by atoms with Gasteiger partial charge in [-0.2, -0.15) is 0 Å². The highest BCUT2D eigenvalue weighted by atomic mass is 19.1. The van der Waals surface area contributed by atoms with Gasteiger partial charge in [0.2, 0.25) is 0 Å². The van der Waals surface area contributed by atoms with Crippen molar-refractivity contribution in [1.29, 1.82) is 0 Å². The van der Waals surface area contributed by atoms with E-state index >= 15 is 0 Å². The van der Waals surface area contributed by atoms with E-state index in [2.05, 4.69) is 0 Å². The van der Waals surface area contributed by atoms with Crippen molar-refractivity contribution in [2.45, 2.75) is 32.7 Å². The summed E-state index contributed by atoms with van der Waals surface area (Å²) in [5.41, 5.74) is 6.94. The van der Waals surface area contributed by atoms with Gasteiger partial charge in [0.05, 0.1) is 7.11 Å². The number of nitrogens with two attached hydrogens (primary N) is 1. The Labute approximate surface area is 90.2 Å². The highest BCUT2D eigenvalue weighted by molar-refractivity contribution is 5.40. The molecule has 0 saturated carbocycles. The average molecular weight is 211 g/mol. The number of benzene rings is 1. The normalized spacial score (nSPS) is 11.6. The third-order valence-corrected chi connectivity index (χ3v) is 2.34. The summed E-state index contributed by atoms with van der Waals surface area (Å²) in [6.07, 6.45) is 0.502. The van der Waals surface area contributed by atoms with Crippen molar-refractivity contribution in [2.24, 2.45) is 5.73 Å². The molecule has 3 heteroatoms. The summed E-state index contributed by atoms with van der Waals surface area (Å²) in [6, 6.07) is 3.06. The smallest absolute Gasteiger partial charge is 0.127 e. The van der Waals surface area contributed by atoms with Crippen LogP contribution in [0.25, 0.3) is 0 Å². The minimum atomic E-state index is -0.419. The molecule has 0 radical (unpaired) electrons. The molecule has 15 heavy (non-hydrogen) atoms. The Hall–Kier alpha value is -1.09. The van der Waals surface area contributed by atoms with Crippen molar-refractivity contribution in [3.63, 3.8) is 0 Å². The van der Waals surface area contributed by atoms with E-state index in [-0.39, 0.29) is 5.82 Å². The quantitative estimate of drug-likeness (QED) is 0.833. The summed E-state index contributed by atoms with van der Waals surface area (Å²) >= 11 is 0. The summed E-state index contributed by atoms with van der Waals surface area (Å²) in [5.74, 6) is 0.488. The molecule has 2 nitrogen and oxygen atoms in total. The number of hydrogen-bond donors (Lipinski definition) is 1. The lowest BCUT2D eigenvalue weighted by Crippen LogP contribution is -2.35. The van der Waals surface area contributed by atoms with Crippen molar-refractivity contribution in [2.75, 3.05) is 7.11 Å². The van der Waals surface area contributed by atoms with Gasteiger partial charge < -0.3 is 10.5 Å². The van der Waals surface area contributed by atoms with Gasteiger partial charge >= 0.3 is 0 Å². The second kappa shape index (κ2) is 4.19. The van der Waals surface area contributed by atoms with Crippen LogP contribution in [0.4, 0.5) is 4.39 Å². The Morgan fingerprint density at radius 1 is 1.40 bits per heavy atom. The van der Waals surface area contributed by atoms with Crippen LogP contribution in [0.3, 0.4) is 0 Å². The van der Waals surface area contributed by atoms with Crippen LogP contribution in [0.5, 0.6) is 5.75 Å². The molecular formula is C12H18FNO. The van der Waals surface area contributed by atoms with Crippen LogP contribution >= 0.6 is 0 Å². The minimum absolute atomic E-state index is 0.216. The first-order valence-electron chi connectivity index (χ1n) is 4.96. The Balaban J connectivity index is 3.15. The van der Waals surface area contributed by atoms with Gasteiger partial charge in [-0.15, -0.1) is 0 Å². The van der Waals surface area contributed by atoms with E-state index in [0.29, 0.717) is 17.7 Å². The summed E-state index contributed by atoms with van der Waals surface area (Å²) in [4.78, 5) is 0. The number of halogens is 1. The monoisotopic (exact) mass is 211 g/mol. The molecule has 2 N–H and O–H groups in total. The molecule has 0 spiro atoms. The van der Waals surface area contributed by atoms with Crippen LogP contribution in [0.1, 0.15) is 25.0 Å². The second-order valence-corrected chi connectivity index (χ2v) is 4.52. The molecule has 0 aromatic heterocycles. The van der Waals surface area contributed by atoms with Crippen molar-refractivity contribution < 1.29 is 9.13 Å². The molecule has 0 atom stereocenters. The van der Waals surface area contributed by atoms with Crippen LogP contribution < -0.4 is 10.5 Å². The van der Waals surface area contributed by atoms with Crippen molar-refractivity contribution in [1.82, 2.24) is 0 Å². The maximum atomic E-state index is 13.6. The zero-order chi connectivity index (χ0) is 11.6. The predicted molar refractivity (Wildman–Crippen MR) is 59.7 cm³/mol. The maximum absolute atomic E-state index is 13.6. The van der Waals surface area contributed by atoms with E-state index in [9.17, 15) is 4.39 Å². The Morgan fingerprint density at radius 2 is 2.00 bits per heavy atom. The van der Waals surface area contributed by atoms with Crippen LogP contribution in [0.15, 0.2) is 12.1 Å². The SMILES string of the molecule is COc1ccc(F)c(CC(C)(C)N)c1C.